The molecule has 2 aromatic rings. The van der Waals surface area contributed by atoms with Crippen LogP contribution in [0.4, 0.5) is 0 Å². The Morgan fingerprint density at radius 3 is 1.91 bits per heavy atom. The molecule has 0 aliphatic heterocycles. The fourth-order valence-electron chi connectivity index (χ4n) is 3.63. The molecular weight excluding hydrogens is 288 g/mol. The number of aliphatic hydroxyl groups is 1. The summed E-state index contributed by atoms with van der Waals surface area (Å²) in [6.45, 7) is 1.40. The van der Waals surface area contributed by atoms with E-state index >= 15 is 0 Å². The zero-order valence-electron chi connectivity index (χ0n) is 13.3. The van der Waals surface area contributed by atoms with Gasteiger partial charge in [-0.3, -0.25) is 4.79 Å². The van der Waals surface area contributed by atoms with Crippen molar-refractivity contribution in [2.45, 2.75) is 43.8 Å². The van der Waals surface area contributed by atoms with Gasteiger partial charge in [0.15, 0.2) is 0 Å². The monoisotopic (exact) mass is 310 g/mol. The lowest BCUT2D eigenvalue weighted by molar-refractivity contribution is -0.158. The Morgan fingerprint density at radius 1 is 0.913 bits per heavy atom. The standard InChI is InChI=1S/C20H22O3/c1-14(21)23-20-18(16-10-6-3-7-11-16)13-12-17(19(20)22)15-8-4-2-5-9-15/h2-11,17-20,22H,12-13H2,1H3/t17-,18+,19-,20-/m1/s1. The maximum atomic E-state index is 11.5. The molecule has 0 spiro atoms. The Balaban J connectivity index is 1.89. The highest BCUT2D eigenvalue weighted by Crippen LogP contribution is 2.42. The second-order valence-corrected chi connectivity index (χ2v) is 6.18. The van der Waals surface area contributed by atoms with E-state index in [4.69, 9.17) is 4.74 Å². The predicted molar refractivity (Wildman–Crippen MR) is 89.2 cm³/mol. The molecule has 23 heavy (non-hydrogen) atoms. The molecule has 2 aromatic carbocycles. The number of esters is 1. The molecule has 3 rings (SSSR count). The van der Waals surface area contributed by atoms with Crippen LogP contribution in [0.5, 0.6) is 0 Å². The molecule has 0 aromatic heterocycles. The van der Waals surface area contributed by atoms with E-state index in [1.165, 1.54) is 6.92 Å². The van der Waals surface area contributed by atoms with Gasteiger partial charge in [-0.25, -0.2) is 0 Å². The Bertz CT molecular complexity index is 638. The molecule has 4 atom stereocenters. The van der Waals surface area contributed by atoms with Crippen LogP contribution in [0.25, 0.3) is 0 Å². The molecule has 1 N–H and O–H groups in total. The Hall–Kier alpha value is -2.13. The average molecular weight is 310 g/mol. The second kappa shape index (κ2) is 6.97. The van der Waals surface area contributed by atoms with Gasteiger partial charge in [0, 0.05) is 18.8 Å². The van der Waals surface area contributed by atoms with Crippen LogP contribution in [0.2, 0.25) is 0 Å². The van der Waals surface area contributed by atoms with E-state index in [-0.39, 0.29) is 17.8 Å². The first kappa shape index (κ1) is 15.8. The fraction of sp³-hybridized carbons (Fsp3) is 0.350. The van der Waals surface area contributed by atoms with Gasteiger partial charge in [-0.05, 0) is 24.0 Å². The predicted octanol–water partition coefficient (Wildman–Crippen LogP) is 3.64. The van der Waals surface area contributed by atoms with Crippen LogP contribution in [-0.4, -0.2) is 23.3 Å². The zero-order chi connectivity index (χ0) is 16.2. The lowest BCUT2D eigenvalue weighted by Crippen LogP contribution is -2.43. The van der Waals surface area contributed by atoms with Gasteiger partial charge in [0.05, 0.1) is 6.10 Å². The first-order chi connectivity index (χ1) is 11.2. The molecule has 0 amide bonds. The maximum Gasteiger partial charge on any atom is 0.303 e. The first-order valence-corrected chi connectivity index (χ1v) is 8.12. The van der Waals surface area contributed by atoms with Crippen molar-refractivity contribution in [3.05, 3.63) is 71.8 Å². The molecule has 0 heterocycles. The molecule has 1 aliphatic rings. The molecule has 0 radical (unpaired) electrons. The van der Waals surface area contributed by atoms with E-state index in [9.17, 15) is 9.90 Å². The lowest BCUT2D eigenvalue weighted by atomic mass is 9.72. The molecule has 0 saturated heterocycles. The minimum atomic E-state index is -0.694. The molecule has 120 valence electrons. The van der Waals surface area contributed by atoms with Gasteiger partial charge in [0.2, 0.25) is 0 Å². The molecule has 1 fully saturated rings. The highest BCUT2D eigenvalue weighted by atomic mass is 16.6. The Labute approximate surface area is 136 Å². The number of rotatable bonds is 3. The minimum Gasteiger partial charge on any atom is -0.459 e. The Kier molecular flexibility index (Phi) is 4.77. The van der Waals surface area contributed by atoms with Crippen molar-refractivity contribution in [2.75, 3.05) is 0 Å². The first-order valence-electron chi connectivity index (χ1n) is 8.12. The van der Waals surface area contributed by atoms with Crippen LogP contribution in [-0.2, 0) is 9.53 Å². The number of benzene rings is 2. The summed E-state index contributed by atoms with van der Waals surface area (Å²) in [6, 6.07) is 20.0. The number of carbonyl (C=O) groups excluding carboxylic acids is 1. The van der Waals surface area contributed by atoms with E-state index in [1.807, 2.05) is 60.7 Å². The summed E-state index contributed by atoms with van der Waals surface area (Å²) in [5, 5.41) is 10.9. The van der Waals surface area contributed by atoms with E-state index in [0.29, 0.717) is 0 Å². The SMILES string of the molecule is CC(=O)O[C@H]1[C@H](O)[C@@H](c2ccccc2)CC[C@H]1c1ccccc1. The Morgan fingerprint density at radius 2 is 1.39 bits per heavy atom. The molecule has 1 aliphatic carbocycles. The summed E-state index contributed by atoms with van der Waals surface area (Å²) in [5.41, 5.74) is 2.22. The van der Waals surface area contributed by atoms with E-state index in [0.717, 1.165) is 24.0 Å². The van der Waals surface area contributed by atoms with Gasteiger partial charge < -0.3 is 9.84 Å². The second-order valence-electron chi connectivity index (χ2n) is 6.18. The number of ether oxygens (including phenoxy) is 1. The van der Waals surface area contributed by atoms with Crippen molar-refractivity contribution in [3.63, 3.8) is 0 Å². The van der Waals surface area contributed by atoms with Crippen LogP contribution in [0.15, 0.2) is 60.7 Å². The highest BCUT2D eigenvalue weighted by molar-refractivity contribution is 5.66. The third kappa shape index (κ3) is 3.45. The smallest absolute Gasteiger partial charge is 0.303 e. The molecule has 0 unspecified atom stereocenters. The zero-order valence-corrected chi connectivity index (χ0v) is 13.3. The van der Waals surface area contributed by atoms with Crippen molar-refractivity contribution < 1.29 is 14.6 Å². The third-order valence-electron chi connectivity index (χ3n) is 4.69. The minimum absolute atomic E-state index is 0.000474. The molecule has 3 heteroatoms. The van der Waals surface area contributed by atoms with Gasteiger partial charge in [-0.1, -0.05) is 60.7 Å². The number of hydrogen-bond acceptors (Lipinski definition) is 3. The van der Waals surface area contributed by atoms with Crippen molar-refractivity contribution in [3.8, 4) is 0 Å². The summed E-state index contributed by atoms with van der Waals surface area (Å²) >= 11 is 0. The number of aliphatic hydroxyl groups excluding tert-OH is 1. The fourth-order valence-corrected chi connectivity index (χ4v) is 3.63. The van der Waals surface area contributed by atoms with Crippen LogP contribution < -0.4 is 0 Å². The van der Waals surface area contributed by atoms with Crippen molar-refractivity contribution in [2.24, 2.45) is 0 Å². The van der Waals surface area contributed by atoms with Crippen molar-refractivity contribution in [1.29, 1.82) is 0 Å². The highest BCUT2D eigenvalue weighted by Gasteiger charge is 2.41. The van der Waals surface area contributed by atoms with E-state index < -0.39 is 12.2 Å². The maximum absolute atomic E-state index is 11.5. The molecule has 0 bridgehead atoms. The largest absolute Gasteiger partial charge is 0.459 e. The van der Waals surface area contributed by atoms with Gasteiger partial charge in [-0.15, -0.1) is 0 Å². The van der Waals surface area contributed by atoms with Crippen molar-refractivity contribution in [1.82, 2.24) is 0 Å². The van der Waals surface area contributed by atoms with Gasteiger partial charge in [0.1, 0.15) is 6.10 Å². The van der Waals surface area contributed by atoms with Crippen molar-refractivity contribution >= 4 is 5.97 Å². The van der Waals surface area contributed by atoms with Gasteiger partial charge in [-0.2, -0.15) is 0 Å². The van der Waals surface area contributed by atoms with Crippen LogP contribution in [0.1, 0.15) is 42.7 Å². The van der Waals surface area contributed by atoms with Gasteiger partial charge in [0.25, 0.3) is 0 Å². The van der Waals surface area contributed by atoms with Gasteiger partial charge >= 0.3 is 5.97 Å². The summed E-state index contributed by atoms with van der Waals surface area (Å²) < 4.78 is 5.53. The average Bonchev–Trinajstić information content (AvgIpc) is 2.58. The van der Waals surface area contributed by atoms with Crippen LogP contribution in [0, 0.1) is 0 Å². The molecule has 1 saturated carbocycles. The lowest BCUT2D eigenvalue weighted by Gasteiger charge is -2.40. The number of carbonyl (C=O) groups is 1. The quantitative estimate of drug-likeness (QED) is 0.880. The van der Waals surface area contributed by atoms with E-state index in [2.05, 4.69) is 0 Å². The summed E-state index contributed by atoms with van der Waals surface area (Å²) in [4.78, 5) is 11.5. The summed E-state index contributed by atoms with van der Waals surface area (Å²) in [7, 11) is 0. The third-order valence-corrected chi connectivity index (χ3v) is 4.69. The van der Waals surface area contributed by atoms with Crippen LogP contribution >= 0.6 is 0 Å². The summed E-state index contributed by atoms with van der Waals surface area (Å²) in [5.74, 6) is -0.306. The molecular formula is C20H22O3. The van der Waals surface area contributed by atoms with E-state index in [1.54, 1.807) is 0 Å². The molecule has 3 nitrogen and oxygen atoms in total. The normalized spacial score (nSPS) is 27.4. The summed E-state index contributed by atoms with van der Waals surface area (Å²) in [6.07, 6.45) is 0.565. The topological polar surface area (TPSA) is 46.5 Å². The number of hydrogen-bond donors (Lipinski definition) is 1. The van der Waals surface area contributed by atoms with Crippen LogP contribution in [0.3, 0.4) is 0 Å².